The molecule has 1 aromatic rings. The number of pyridine rings is 1. The van der Waals surface area contributed by atoms with Gasteiger partial charge in [-0.25, -0.2) is 0 Å². The average molecular weight is 188 g/mol. The van der Waals surface area contributed by atoms with Crippen LogP contribution in [0.5, 0.6) is 0 Å². The van der Waals surface area contributed by atoms with Crippen molar-refractivity contribution in [1.29, 1.82) is 0 Å². The van der Waals surface area contributed by atoms with E-state index in [4.69, 9.17) is 5.53 Å². The van der Waals surface area contributed by atoms with E-state index < -0.39 is 0 Å². The Morgan fingerprint density at radius 2 is 2.50 bits per heavy atom. The number of aryl methyl sites for hydroxylation is 1. The molecule has 4 heteroatoms. The molecule has 72 valence electrons. The van der Waals surface area contributed by atoms with E-state index in [1.54, 1.807) is 6.20 Å². The van der Waals surface area contributed by atoms with Gasteiger partial charge in [-0.3, -0.25) is 4.98 Å². The summed E-state index contributed by atoms with van der Waals surface area (Å²) in [5.74, 6) is 0. The third-order valence-corrected chi connectivity index (χ3v) is 1.78. The molecule has 14 heavy (non-hydrogen) atoms. The van der Waals surface area contributed by atoms with Gasteiger partial charge in [-0.05, 0) is 36.6 Å². The van der Waals surface area contributed by atoms with E-state index in [-0.39, 0.29) is 0 Å². The number of hydrogen-bond acceptors (Lipinski definition) is 2. The summed E-state index contributed by atoms with van der Waals surface area (Å²) in [6.45, 7) is 2.51. The maximum absolute atomic E-state index is 8.05. The monoisotopic (exact) mass is 188 g/mol. The molecule has 1 rings (SSSR count). The molecule has 0 N–H and O–H groups in total. The minimum Gasteiger partial charge on any atom is -0.257 e. The Morgan fingerprint density at radius 3 is 3.21 bits per heavy atom. The highest BCUT2D eigenvalue weighted by molar-refractivity contribution is 5.48. The first-order chi connectivity index (χ1) is 6.84. The summed E-state index contributed by atoms with van der Waals surface area (Å²) >= 11 is 0. The summed E-state index contributed by atoms with van der Waals surface area (Å²) in [6, 6.07) is 3.92. The van der Waals surface area contributed by atoms with Gasteiger partial charge in [0.2, 0.25) is 0 Å². The van der Waals surface area contributed by atoms with Crippen LogP contribution in [0.15, 0.2) is 29.5 Å². The largest absolute Gasteiger partial charge is 0.257 e. The Kier molecular flexibility index (Phi) is 4.24. The molecule has 1 heterocycles. The van der Waals surface area contributed by atoms with Gasteiger partial charge in [-0.2, -0.15) is 0 Å². The lowest BCUT2D eigenvalue weighted by Gasteiger charge is -1.96. The summed E-state index contributed by atoms with van der Waals surface area (Å²) in [5, 5.41) is 3.43. The minimum absolute atomic E-state index is 0.499. The normalized spacial score (nSPS) is 10.1. The lowest BCUT2D eigenvalue weighted by molar-refractivity contribution is 0.995. The van der Waals surface area contributed by atoms with Crippen molar-refractivity contribution in [3.8, 4) is 0 Å². The Balaban J connectivity index is 2.51. The lowest BCUT2D eigenvalue weighted by atomic mass is 10.2. The molecule has 0 saturated heterocycles. The predicted octanol–water partition coefficient (Wildman–Crippen LogP) is 3.10. The van der Waals surface area contributed by atoms with Crippen LogP contribution in [-0.4, -0.2) is 11.5 Å². The van der Waals surface area contributed by atoms with Crippen LogP contribution in [0.2, 0.25) is 0 Å². The van der Waals surface area contributed by atoms with Gasteiger partial charge in [-0.15, -0.1) is 0 Å². The molecular formula is C10H12N4. The highest BCUT2D eigenvalue weighted by atomic mass is 15.1. The van der Waals surface area contributed by atoms with Crippen molar-refractivity contribution in [1.82, 2.24) is 4.98 Å². The van der Waals surface area contributed by atoms with Gasteiger partial charge in [0, 0.05) is 17.7 Å². The Morgan fingerprint density at radius 1 is 1.64 bits per heavy atom. The zero-order valence-electron chi connectivity index (χ0n) is 8.09. The van der Waals surface area contributed by atoms with E-state index in [9.17, 15) is 0 Å². The van der Waals surface area contributed by atoms with Crippen molar-refractivity contribution in [3.05, 3.63) is 46.1 Å². The molecule has 0 spiro atoms. The molecule has 0 fully saturated rings. The van der Waals surface area contributed by atoms with Crippen LogP contribution in [-0.2, 0) is 0 Å². The van der Waals surface area contributed by atoms with Crippen molar-refractivity contribution < 1.29 is 0 Å². The van der Waals surface area contributed by atoms with Gasteiger partial charge >= 0.3 is 0 Å². The number of aromatic nitrogens is 1. The van der Waals surface area contributed by atoms with E-state index in [1.807, 2.05) is 31.2 Å². The fraction of sp³-hybridized carbons (Fsp3) is 0.300. The SMILES string of the molecule is Cc1cccnc1C=CCCN=[N+]=[N-]. The molecule has 0 amide bonds. The van der Waals surface area contributed by atoms with Crippen LogP contribution >= 0.6 is 0 Å². The Bertz CT molecular complexity index is 364. The van der Waals surface area contributed by atoms with Crippen LogP contribution in [0.4, 0.5) is 0 Å². The lowest BCUT2D eigenvalue weighted by Crippen LogP contribution is -1.84. The second-order valence-corrected chi connectivity index (χ2v) is 2.85. The second-order valence-electron chi connectivity index (χ2n) is 2.85. The van der Waals surface area contributed by atoms with Crippen molar-refractivity contribution >= 4 is 6.08 Å². The van der Waals surface area contributed by atoms with Crippen molar-refractivity contribution in [3.63, 3.8) is 0 Å². The zero-order valence-corrected chi connectivity index (χ0v) is 8.09. The van der Waals surface area contributed by atoms with Crippen LogP contribution in [0, 0.1) is 6.92 Å². The highest BCUT2D eigenvalue weighted by Gasteiger charge is 1.91. The van der Waals surface area contributed by atoms with Crippen molar-refractivity contribution in [2.45, 2.75) is 13.3 Å². The minimum atomic E-state index is 0.499. The third kappa shape index (κ3) is 3.29. The van der Waals surface area contributed by atoms with Gasteiger partial charge in [0.15, 0.2) is 0 Å². The van der Waals surface area contributed by atoms with Crippen LogP contribution < -0.4 is 0 Å². The number of nitrogens with zero attached hydrogens (tertiary/aromatic N) is 4. The van der Waals surface area contributed by atoms with Crippen molar-refractivity contribution in [2.24, 2.45) is 5.11 Å². The smallest absolute Gasteiger partial charge is 0.0655 e. The summed E-state index contributed by atoms with van der Waals surface area (Å²) in [5.41, 5.74) is 10.2. The molecule has 0 bridgehead atoms. The van der Waals surface area contributed by atoms with Gasteiger partial charge in [0.05, 0.1) is 5.69 Å². The second kappa shape index (κ2) is 5.78. The standard InChI is InChI=1S/C10H12N4/c1-9-5-4-7-12-10(9)6-2-3-8-13-14-11/h2,4-7H,3,8H2,1H3. The first-order valence-corrected chi connectivity index (χ1v) is 4.43. The summed E-state index contributed by atoms with van der Waals surface area (Å²) in [7, 11) is 0. The average Bonchev–Trinajstić information content (AvgIpc) is 2.20. The molecule has 1 aromatic heterocycles. The van der Waals surface area contributed by atoms with Gasteiger partial charge < -0.3 is 0 Å². The Hall–Kier alpha value is -1.80. The fourth-order valence-corrected chi connectivity index (χ4v) is 1.04. The summed E-state index contributed by atoms with van der Waals surface area (Å²) < 4.78 is 0. The molecule has 0 aliphatic heterocycles. The van der Waals surface area contributed by atoms with E-state index in [2.05, 4.69) is 15.0 Å². The summed E-state index contributed by atoms with van der Waals surface area (Å²) in [4.78, 5) is 6.88. The van der Waals surface area contributed by atoms with E-state index in [0.29, 0.717) is 6.54 Å². The maximum Gasteiger partial charge on any atom is 0.0655 e. The molecule has 0 unspecified atom stereocenters. The van der Waals surface area contributed by atoms with Gasteiger partial charge in [-0.1, -0.05) is 17.3 Å². The molecular weight excluding hydrogens is 176 g/mol. The van der Waals surface area contributed by atoms with Crippen LogP contribution in [0.3, 0.4) is 0 Å². The highest BCUT2D eigenvalue weighted by Crippen LogP contribution is 2.05. The number of azide groups is 1. The predicted molar refractivity (Wildman–Crippen MR) is 56.6 cm³/mol. The molecule has 0 aliphatic carbocycles. The quantitative estimate of drug-likeness (QED) is 0.310. The fourth-order valence-electron chi connectivity index (χ4n) is 1.04. The number of hydrogen-bond donors (Lipinski definition) is 0. The molecule has 0 atom stereocenters. The first-order valence-electron chi connectivity index (χ1n) is 4.43. The number of rotatable bonds is 4. The van der Waals surface area contributed by atoms with Gasteiger partial charge in [0.25, 0.3) is 0 Å². The summed E-state index contributed by atoms with van der Waals surface area (Å²) in [6.07, 6.45) is 6.42. The first kappa shape index (κ1) is 10.3. The van der Waals surface area contributed by atoms with E-state index >= 15 is 0 Å². The molecule has 0 aromatic carbocycles. The van der Waals surface area contributed by atoms with E-state index in [0.717, 1.165) is 17.7 Å². The molecule has 0 aliphatic rings. The van der Waals surface area contributed by atoms with E-state index in [1.165, 1.54) is 0 Å². The van der Waals surface area contributed by atoms with Crippen LogP contribution in [0.1, 0.15) is 17.7 Å². The topological polar surface area (TPSA) is 61.7 Å². The third-order valence-electron chi connectivity index (χ3n) is 1.78. The molecule has 0 saturated carbocycles. The zero-order chi connectivity index (χ0) is 10.2. The van der Waals surface area contributed by atoms with Crippen LogP contribution in [0.25, 0.3) is 16.5 Å². The molecule has 0 radical (unpaired) electrons. The maximum atomic E-state index is 8.05. The molecule has 4 nitrogen and oxygen atoms in total. The van der Waals surface area contributed by atoms with Crippen molar-refractivity contribution in [2.75, 3.05) is 6.54 Å². The Labute approximate surface area is 82.9 Å². The van der Waals surface area contributed by atoms with Gasteiger partial charge in [0.1, 0.15) is 0 Å².